The van der Waals surface area contributed by atoms with E-state index in [0.29, 0.717) is 13.1 Å². The normalized spacial score (nSPS) is 11.7. The Balaban J connectivity index is 1.87. The molecule has 1 heterocycles. The lowest BCUT2D eigenvalue weighted by molar-refractivity contribution is 0.579. The maximum atomic E-state index is 12.1. The zero-order chi connectivity index (χ0) is 15.3. The molecule has 0 amide bonds. The van der Waals surface area contributed by atoms with Gasteiger partial charge in [-0.1, -0.05) is 12.1 Å². The monoisotopic (exact) mass is 308 g/mol. The number of nitrogens with two attached hydrogens (primary N) is 1. The van der Waals surface area contributed by atoms with Crippen molar-refractivity contribution in [3.8, 4) is 0 Å². The highest BCUT2D eigenvalue weighted by atomic mass is 32.2. The highest BCUT2D eigenvalue weighted by Gasteiger charge is 2.12. The average molecular weight is 308 g/mol. The van der Waals surface area contributed by atoms with E-state index in [1.807, 2.05) is 6.92 Å². The van der Waals surface area contributed by atoms with Crippen molar-refractivity contribution in [1.82, 2.24) is 14.9 Å². The lowest BCUT2D eigenvalue weighted by atomic mass is 10.1. The van der Waals surface area contributed by atoms with E-state index in [4.69, 9.17) is 5.73 Å². The van der Waals surface area contributed by atoms with Crippen molar-refractivity contribution in [2.24, 2.45) is 5.73 Å². The second kappa shape index (κ2) is 6.84. The third-order valence-corrected chi connectivity index (χ3v) is 4.80. The van der Waals surface area contributed by atoms with Gasteiger partial charge in [0.25, 0.3) is 0 Å². The number of aromatic amines is 1. The van der Waals surface area contributed by atoms with Gasteiger partial charge in [-0.3, -0.25) is 5.10 Å². The first kappa shape index (κ1) is 15.7. The zero-order valence-corrected chi connectivity index (χ0v) is 12.8. The van der Waals surface area contributed by atoms with Gasteiger partial charge >= 0.3 is 0 Å². The molecule has 1 aromatic carbocycles. The smallest absolute Gasteiger partial charge is 0.240 e. The van der Waals surface area contributed by atoms with E-state index in [9.17, 15) is 8.42 Å². The number of benzene rings is 1. The molecule has 0 bridgehead atoms. The van der Waals surface area contributed by atoms with Crippen LogP contribution in [0, 0.1) is 6.92 Å². The van der Waals surface area contributed by atoms with Crippen LogP contribution in [0.5, 0.6) is 0 Å². The molecular weight excluding hydrogens is 288 g/mol. The molecule has 0 fully saturated rings. The van der Waals surface area contributed by atoms with Gasteiger partial charge in [0.2, 0.25) is 10.0 Å². The minimum Gasteiger partial charge on any atom is -0.326 e. The number of hydrogen-bond donors (Lipinski definition) is 3. The zero-order valence-electron chi connectivity index (χ0n) is 12.0. The average Bonchev–Trinajstić information content (AvgIpc) is 2.89. The number of H-pyrrole nitrogens is 1. The number of nitrogens with zero attached hydrogens (tertiary/aromatic N) is 1. The Morgan fingerprint density at radius 2 is 2.00 bits per heavy atom. The lowest BCUT2D eigenvalue weighted by Crippen LogP contribution is -2.25. The number of aryl methyl sites for hydroxylation is 2. The van der Waals surface area contributed by atoms with Crippen molar-refractivity contribution in [2.45, 2.75) is 31.2 Å². The summed E-state index contributed by atoms with van der Waals surface area (Å²) in [5.74, 6) is 0. The SMILES string of the molecule is Cc1[nH]ncc1CCCNS(=O)(=O)c1ccc(CN)cc1. The molecule has 7 heteroatoms. The van der Waals surface area contributed by atoms with Crippen LogP contribution in [-0.2, 0) is 23.0 Å². The van der Waals surface area contributed by atoms with E-state index in [0.717, 1.165) is 29.7 Å². The van der Waals surface area contributed by atoms with Crippen LogP contribution in [0.15, 0.2) is 35.4 Å². The number of nitrogens with one attached hydrogen (secondary N) is 2. The largest absolute Gasteiger partial charge is 0.326 e. The Morgan fingerprint density at radius 3 is 2.57 bits per heavy atom. The Bertz CT molecular complexity index is 677. The molecular formula is C14H20N4O2S. The van der Waals surface area contributed by atoms with Crippen LogP contribution in [0.3, 0.4) is 0 Å². The van der Waals surface area contributed by atoms with Gasteiger partial charge in [0.1, 0.15) is 0 Å². The first-order valence-electron chi connectivity index (χ1n) is 6.80. The summed E-state index contributed by atoms with van der Waals surface area (Å²) in [6.45, 7) is 2.74. The summed E-state index contributed by atoms with van der Waals surface area (Å²) in [4.78, 5) is 0.263. The van der Waals surface area contributed by atoms with E-state index in [1.165, 1.54) is 0 Å². The summed E-state index contributed by atoms with van der Waals surface area (Å²) < 4.78 is 26.8. The molecule has 0 spiro atoms. The number of hydrogen-bond acceptors (Lipinski definition) is 4. The van der Waals surface area contributed by atoms with Crippen molar-refractivity contribution in [2.75, 3.05) is 6.54 Å². The number of sulfonamides is 1. The minimum atomic E-state index is -3.45. The van der Waals surface area contributed by atoms with Gasteiger partial charge in [-0.2, -0.15) is 5.10 Å². The first-order chi connectivity index (χ1) is 10.0. The topological polar surface area (TPSA) is 101 Å². The highest BCUT2D eigenvalue weighted by Crippen LogP contribution is 2.11. The summed E-state index contributed by atoms with van der Waals surface area (Å²) in [7, 11) is -3.45. The quantitative estimate of drug-likeness (QED) is 0.666. The van der Waals surface area contributed by atoms with Crippen molar-refractivity contribution < 1.29 is 8.42 Å². The van der Waals surface area contributed by atoms with Crippen LogP contribution in [0.25, 0.3) is 0 Å². The van der Waals surface area contributed by atoms with Crippen LogP contribution >= 0.6 is 0 Å². The third kappa shape index (κ3) is 4.13. The van der Waals surface area contributed by atoms with Gasteiger partial charge in [0, 0.05) is 18.8 Å². The second-order valence-electron chi connectivity index (χ2n) is 4.87. The molecule has 0 saturated heterocycles. The van der Waals surface area contributed by atoms with E-state index in [-0.39, 0.29) is 4.90 Å². The lowest BCUT2D eigenvalue weighted by Gasteiger charge is -2.07. The molecule has 0 aliphatic heterocycles. The summed E-state index contributed by atoms with van der Waals surface area (Å²) in [5.41, 5.74) is 8.54. The summed E-state index contributed by atoms with van der Waals surface area (Å²) in [6, 6.07) is 6.60. The van der Waals surface area contributed by atoms with Crippen molar-refractivity contribution in [3.05, 3.63) is 47.3 Å². The van der Waals surface area contributed by atoms with E-state index in [2.05, 4.69) is 14.9 Å². The second-order valence-corrected chi connectivity index (χ2v) is 6.64. The fraction of sp³-hybridized carbons (Fsp3) is 0.357. The summed E-state index contributed by atoms with van der Waals surface area (Å²) in [6.07, 6.45) is 3.28. The van der Waals surface area contributed by atoms with Crippen LogP contribution in [0.2, 0.25) is 0 Å². The molecule has 4 N–H and O–H groups in total. The Hall–Kier alpha value is -1.70. The molecule has 2 aromatic rings. The number of rotatable bonds is 7. The molecule has 0 unspecified atom stereocenters. The minimum absolute atomic E-state index is 0.263. The molecule has 6 nitrogen and oxygen atoms in total. The maximum Gasteiger partial charge on any atom is 0.240 e. The fourth-order valence-corrected chi connectivity index (χ4v) is 3.08. The van der Waals surface area contributed by atoms with Gasteiger partial charge in [-0.15, -0.1) is 0 Å². The molecule has 21 heavy (non-hydrogen) atoms. The van der Waals surface area contributed by atoms with Crippen molar-refractivity contribution in [1.29, 1.82) is 0 Å². The van der Waals surface area contributed by atoms with Crippen LogP contribution in [0.1, 0.15) is 23.2 Å². The Morgan fingerprint density at radius 1 is 1.29 bits per heavy atom. The fourth-order valence-electron chi connectivity index (χ4n) is 2.00. The first-order valence-corrected chi connectivity index (χ1v) is 8.29. The van der Waals surface area contributed by atoms with Gasteiger partial charge in [-0.25, -0.2) is 13.1 Å². The van der Waals surface area contributed by atoms with E-state index < -0.39 is 10.0 Å². The van der Waals surface area contributed by atoms with Crippen LogP contribution in [0.4, 0.5) is 0 Å². The van der Waals surface area contributed by atoms with Gasteiger partial charge in [0.15, 0.2) is 0 Å². The summed E-state index contributed by atoms with van der Waals surface area (Å²) in [5, 5.41) is 6.80. The van der Waals surface area contributed by atoms with Gasteiger partial charge in [-0.05, 0) is 43.0 Å². The van der Waals surface area contributed by atoms with Crippen LogP contribution in [-0.4, -0.2) is 25.2 Å². The van der Waals surface area contributed by atoms with Gasteiger partial charge in [0.05, 0.1) is 11.1 Å². The molecule has 0 saturated carbocycles. The standard InChI is InChI=1S/C14H20N4O2S/c1-11-13(10-16-18-11)3-2-8-17-21(19,20)14-6-4-12(9-15)5-7-14/h4-7,10,17H,2-3,8-9,15H2,1H3,(H,16,18). The third-order valence-electron chi connectivity index (χ3n) is 3.32. The maximum absolute atomic E-state index is 12.1. The molecule has 0 aliphatic rings. The molecule has 0 aliphatic carbocycles. The summed E-state index contributed by atoms with van der Waals surface area (Å²) >= 11 is 0. The molecule has 0 atom stereocenters. The van der Waals surface area contributed by atoms with Crippen molar-refractivity contribution in [3.63, 3.8) is 0 Å². The molecule has 114 valence electrons. The molecule has 1 aromatic heterocycles. The Labute approximate surface area is 124 Å². The predicted octanol–water partition coefficient (Wildman–Crippen LogP) is 1.09. The molecule has 0 radical (unpaired) electrons. The van der Waals surface area contributed by atoms with Crippen molar-refractivity contribution >= 4 is 10.0 Å². The van der Waals surface area contributed by atoms with E-state index in [1.54, 1.807) is 30.5 Å². The molecule has 2 rings (SSSR count). The number of aromatic nitrogens is 2. The predicted molar refractivity (Wildman–Crippen MR) is 81.2 cm³/mol. The van der Waals surface area contributed by atoms with E-state index >= 15 is 0 Å². The Kier molecular flexibility index (Phi) is 5.11. The van der Waals surface area contributed by atoms with Gasteiger partial charge < -0.3 is 5.73 Å². The highest BCUT2D eigenvalue weighted by molar-refractivity contribution is 7.89. The van der Waals surface area contributed by atoms with Crippen LogP contribution < -0.4 is 10.5 Å².